The number of hydrogen-bond acceptors (Lipinski definition) is 4. The van der Waals surface area contributed by atoms with Gasteiger partial charge in [0.05, 0.1) is 22.3 Å². The minimum absolute atomic E-state index is 0.129. The van der Waals surface area contributed by atoms with Gasteiger partial charge in [0.1, 0.15) is 17.5 Å². The van der Waals surface area contributed by atoms with Crippen LogP contribution in [0.5, 0.6) is 0 Å². The van der Waals surface area contributed by atoms with Gasteiger partial charge in [-0.3, -0.25) is 9.59 Å². The monoisotopic (exact) mass is 444 g/mol. The normalized spacial score (nSPS) is 16.2. The van der Waals surface area contributed by atoms with Crippen LogP contribution < -0.4 is 15.8 Å². The summed E-state index contributed by atoms with van der Waals surface area (Å²) in [6.45, 7) is 1.05. The van der Waals surface area contributed by atoms with Crippen LogP contribution in [-0.2, 0) is 4.79 Å². The summed E-state index contributed by atoms with van der Waals surface area (Å²) in [5.74, 6) is -0.999. The molecule has 160 valence electrons. The molecule has 0 radical (unpaired) electrons. The Balaban J connectivity index is 1.52. The van der Waals surface area contributed by atoms with Crippen molar-refractivity contribution in [2.75, 3.05) is 23.3 Å². The molecule has 1 aliphatic heterocycles. The van der Waals surface area contributed by atoms with Crippen molar-refractivity contribution in [1.29, 1.82) is 0 Å². The third-order valence-electron chi connectivity index (χ3n) is 5.14. The van der Waals surface area contributed by atoms with Crippen LogP contribution in [0.25, 0.3) is 5.69 Å². The second-order valence-corrected chi connectivity index (χ2v) is 7.73. The van der Waals surface area contributed by atoms with E-state index in [0.717, 1.165) is 17.2 Å². The Labute approximate surface area is 182 Å². The Morgan fingerprint density at radius 1 is 1.10 bits per heavy atom. The topological polar surface area (TPSA) is 67.2 Å². The summed E-state index contributed by atoms with van der Waals surface area (Å²) in [6.07, 6.45) is 1.42. The molecule has 1 fully saturated rings. The number of nitrogens with one attached hydrogen (secondary N) is 1. The van der Waals surface area contributed by atoms with Gasteiger partial charge >= 0.3 is 0 Å². The van der Waals surface area contributed by atoms with Crippen LogP contribution >= 0.6 is 11.6 Å². The van der Waals surface area contributed by atoms with Gasteiger partial charge in [0, 0.05) is 19.2 Å². The molecule has 2 aromatic carbocycles. The summed E-state index contributed by atoms with van der Waals surface area (Å²) < 4.78 is 27.9. The number of nitrogens with zero attached hydrogens (tertiary/aromatic N) is 3. The van der Waals surface area contributed by atoms with Crippen LogP contribution in [-0.4, -0.2) is 28.8 Å². The van der Waals surface area contributed by atoms with Crippen LogP contribution in [0.3, 0.4) is 0 Å². The quantitative estimate of drug-likeness (QED) is 0.660. The van der Waals surface area contributed by atoms with Crippen molar-refractivity contribution in [3.8, 4) is 5.69 Å². The SMILES string of the molecule is O=C(Nc1ccc(F)cc1Cl)C1CCCN(c2ccc(=O)n(-c3cccc(F)c3)n2)C1. The van der Waals surface area contributed by atoms with Gasteiger partial charge in [0.25, 0.3) is 5.56 Å². The highest BCUT2D eigenvalue weighted by Gasteiger charge is 2.27. The fourth-order valence-electron chi connectivity index (χ4n) is 3.59. The minimum Gasteiger partial charge on any atom is -0.354 e. The molecule has 0 spiro atoms. The Hall–Kier alpha value is -3.26. The highest BCUT2D eigenvalue weighted by Crippen LogP contribution is 2.26. The first-order valence-corrected chi connectivity index (χ1v) is 10.2. The van der Waals surface area contributed by atoms with Crippen LogP contribution in [0.1, 0.15) is 12.8 Å². The summed E-state index contributed by atoms with van der Waals surface area (Å²) in [5, 5.41) is 7.26. The lowest BCUT2D eigenvalue weighted by Gasteiger charge is -2.33. The van der Waals surface area contributed by atoms with E-state index in [1.54, 1.807) is 12.1 Å². The largest absolute Gasteiger partial charge is 0.354 e. The number of halogens is 3. The van der Waals surface area contributed by atoms with Gasteiger partial charge in [0.15, 0.2) is 0 Å². The average molecular weight is 445 g/mol. The lowest BCUT2D eigenvalue weighted by molar-refractivity contribution is -0.120. The van der Waals surface area contributed by atoms with Crippen molar-refractivity contribution in [3.05, 3.63) is 81.6 Å². The van der Waals surface area contributed by atoms with Crippen LogP contribution in [0.15, 0.2) is 59.4 Å². The lowest BCUT2D eigenvalue weighted by atomic mass is 9.97. The maximum Gasteiger partial charge on any atom is 0.271 e. The third-order valence-corrected chi connectivity index (χ3v) is 5.46. The highest BCUT2D eigenvalue weighted by molar-refractivity contribution is 6.33. The molecular formula is C22H19ClF2N4O2. The number of carbonyl (C=O) groups excluding carboxylic acids is 1. The Bertz CT molecular complexity index is 1180. The van der Waals surface area contributed by atoms with Crippen LogP contribution in [0, 0.1) is 17.6 Å². The number of anilines is 2. The molecule has 4 rings (SSSR count). The Morgan fingerprint density at radius 3 is 2.68 bits per heavy atom. The second kappa shape index (κ2) is 8.85. The number of piperidine rings is 1. The summed E-state index contributed by atoms with van der Waals surface area (Å²) in [5.41, 5.74) is 0.290. The first-order valence-electron chi connectivity index (χ1n) is 9.78. The number of amides is 1. The predicted molar refractivity (Wildman–Crippen MR) is 115 cm³/mol. The van der Waals surface area contributed by atoms with Gasteiger partial charge in [-0.05, 0) is 55.3 Å². The molecule has 31 heavy (non-hydrogen) atoms. The number of aromatic nitrogens is 2. The number of carbonyl (C=O) groups is 1. The van der Waals surface area contributed by atoms with Gasteiger partial charge in [-0.15, -0.1) is 5.10 Å². The summed E-state index contributed by atoms with van der Waals surface area (Å²) in [7, 11) is 0. The van der Waals surface area contributed by atoms with Crippen molar-refractivity contribution in [3.63, 3.8) is 0 Å². The Kier molecular flexibility index (Phi) is 5.99. The molecule has 1 atom stereocenters. The molecule has 1 unspecified atom stereocenters. The fourth-order valence-corrected chi connectivity index (χ4v) is 3.80. The number of hydrogen-bond donors (Lipinski definition) is 1. The molecule has 2 heterocycles. The van der Waals surface area contributed by atoms with Gasteiger partial charge in [-0.25, -0.2) is 8.78 Å². The van der Waals surface area contributed by atoms with Gasteiger partial charge < -0.3 is 10.2 Å². The molecule has 1 amide bonds. The highest BCUT2D eigenvalue weighted by atomic mass is 35.5. The molecule has 0 saturated carbocycles. The predicted octanol–water partition coefficient (Wildman–Crippen LogP) is 4.02. The number of benzene rings is 2. The second-order valence-electron chi connectivity index (χ2n) is 7.32. The van der Waals surface area contributed by atoms with Gasteiger partial charge in [0.2, 0.25) is 5.91 Å². The van der Waals surface area contributed by atoms with E-state index in [0.29, 0.717) is 36.7 Å². The van der Waals surface area contributed by atoms with Gasteiger partial charge in [-0.1, -0.05) is 17.7 Å². The van der Waals surface area contributed by atoms with Crippen LogP contribution in [0.4, 0.5) is 20.3 Å². The third kappa shape index (κ3) is 4.74. The molecule has 9 heteroatoms. The standard InChI is InChI=1S/C22H19ClF2N4O2/c23-18-12-16(25)6-7-19(18)26-22(31)14-3-2-10-28(13-14)20-8-9-21(30)29(27-20)17-5-1-4-15(24)11-17/h1,4-9,11-12,14H,2-3,10,13H2,(H,26,31). The molecular weight excluding hydrogens is 426 g/mol. The van der Waals surface area contributed by atoms with E-state index < -0.39 is 11.6 Å². The molecule has 0 aliphatic carbocycles. The maximum absolute atomic E-state index is 13.6. The maximum atomic E-state index is 13.6. The lowest BCUT2D eigenvalue weighted by Crippen LogP contribution is -2.41. The smallest absolute Gasteiger partial charge is 0.271 e. The fraction of sp³-hybridized carbons (Fsp3) is 0.227. The molecule has 6 nitrogen and oxygen atoms in total. The van der Waals surface area contributed by atoms with Crippen molar-refractivity contribution in [2.45, 2.75) is 12.8 Å². The van der Waals surface area contributed by atoms with Crippen molar-refractivity contribution in [2.24, 2.45) is 5.92 Å². The van der Waals surface area contributed by atoms with E-state index in [1.807, 2.05) is 4.90 Å². The van der Waals surface area contributed by atoms with E-state index >= 15 is 0 Å². The molecule has 1 saturated heterocycles. The first-order chi connectivity index (χ1) is 14.9. The average Bonchev–Trinajstić information content (AvgIpc) is 2.76. The van der Waals surface area contributed by atoms with Crippen LogP contribution in [0.2, 0.25) is 5.02 Å². The van der Waals surface area contributed by atoms with Crippen molar-refractivity contribution in [1.82, 2.24) is 9.78 Å². The number of rotatable bonds is 4. The van der Waals surface area contributed by atoms with Crippen molar-refractivity contribution < 1.29 is 13.6 Å². The minimum atomic E-state index is -0.480. The van der Waals surface area contributed by atoms with E-state index in [2.05, 4.69) is 10.4 Å². The molecule has 0 bridgehead atoms. The van der Waals surface area contributed by atoms with Gasteiger partial charge in [-0.2, -0.15) is 4.68 Å². The van der Waals surface area contributed by atoms with E-state index in [4.69, 9.17) is 11.6 Å². The van der Waals surface area contributed by atoms with E-state index in [-0.39, 0.29) is 22.4 Å². The summed E-state index contributed by atoms with van der Waals surface area (Å²) in [6, 6.07) is 12.4. The molecule has 3 aromatic rings. The molecule has 1 aromatic heterocycles. The zero-order chi connectivity index (χ0) is 22.0. The summed E-state index contributed by atoms with van der Waals surface area (Å²) in [4.78, 5) is 26.9. The zero-order valence-electron chi connectivity index (χ0n) is 16.4. The van der Waals surface area contributed by atoms with E-state index in [9.17, 15) is 18.4 Å². The first kappa shape index (κ1) is 21.0. The Morgan fingerprint density at radius 2 is 1.90 bits per heavy atom. The molecule has 1 aliphatic rings. The summed E-state index contributed by atoms with van der Waals surface area (Å²) >= 11 is 6.00. The molecule has 1 N–H and O–H groups in total. The van der Waals surface area contributed by atoms with Crippen molar-refractivity contribution >= 4 is 29.0 Å². The van der Waals surface area contributed by atoms with E-state index in [1.165, 1.54) is 36.4 Å². The zero-order valence-corrected chi connectivity index (χ0v) is 17.1.